The van der Waals surface area contributed by atoms with Crippen LogP contribution in [0, 0.1) is 6.92 Å². The molecule has 0 unspecified atom stereocenters. The number of pyridine rings is 1. The van der Waals surface area contributed by atoms with Gasteiger partial charge in [0.25, 0.3) is 0 Å². The maximum Gasteiger partial charge on any atom is 0.158 e. The topological polar surface area (TPSA) is 32.0 Å². The normalized spacial score (nSPS) is 11.0. The molecule has 2 aliphatic heterocycles. The van der Waals surface area contributed by atoms with Gasteiger partial charge in [-0.3, -0.25) is 3.96 Å². The number of aromatic nitrogens is 3. The fourth-order valence-electron chi connectivity index (χ4n) is 3.06. The molecule has 0 N–H and O–H groups in total. The van der Waals surface area contributed by atoms with Gasteiger partial charge in [-0.1, -0.05) is 29.7 Å². The molecule has 2 heterocycles. The monoisotopic (exact) mass is 363 g/mol. The molecule has 26 heavy (non-hydrogen) atoms. The number of methoxy groups -OCH3 is 1. The summed E-state index contributed by atoms with van der Waals surface area (Å²) in [6.45, 7) is 2.86. The highest BCUT2D eigenvalue weighted by Crippen LogP contribution is 2.26. The zero-order valence-electron chi connectivity index (χ0n) is 15.1. The van der Waals surface area contributed by atoms with E-state index in [4.69, 9.17) is 9.72 Å². The average Bonchev–Trinajstić information content (AvgIpc) is 2.79. The number of hydrogen-bond acceptors (Lipinski definition) is 3. The van der Waals surface area contributed by atoms with Gasteiger partial charge in [0.1, 0.15) is 5.75 Å². The highest BCUT2D eigenvalue weighted by atomic mass is 32.1. The third-order valence-corrected chi connectivity index (χ3v) is 5.46. The quantitative estimate of drug-likeness (QED) is 0.511. The van der Waals surface area contributed by atoms with Crippen LogP contribution in [0.3, 0.4) is 0 Å². The molecule has 4 rings (SSSR count). The van der Waals surface area contributed by atoms with E-state index in [0.717, 1.165) is 29.3 Å². The molecule has 4 nitrogen and oxygen atoms in total. The van der Waals surface area contributed by atoms with Crippen LogP contribution < -0.4 is 4.74 Å². The molecule has 0 amide bonds. The number of ether oxygens (including phenoxy) is 1. The molecule has 0 aromatic heterocycles. The summed E-state index contributed by atoms with van der Waals surface area (Å²) in [7, 11) is 3.78. The Hall–Kier alpha value is -2.79. The van der Waals surface area contributed by atoms with Gasteiger partial charge in [0.05, 0.1) is 23.0 Å². The molecule has 5 heteroatoms. The average molecular weight is 363 g/mol. The first kappa shape index (κ1) is 16.7. The molecule has 0 fully saturated rings. The van der Waals surface area contributed by atoms with Crippen molar-refractivity contribution in [1.82, 2.24) is 13.5 Å². The standard InChI is InChI=1S/C21H21N3OS/c1-15-6-11-20-18(13-15)22-21-19(23(2)26-20)5-4-12-24(21)14-16-7-9-17(25-3)10-8-16/h4-13H,14H2,1-3H3. The van der Waals surface area contributed by atoms with Crippen LogP contribution in [0.5, 0.6) is 5.75 Å². The second-order valence-electron chi connectivity index (χ2n) is 6.36. The Morgan fingerprint density at radius 1 is 1.08 bits per heavy atom. The van der Waals surface area contributed by atoms with Crippen molar-refractivity contribution in [1.29, 1.82) is 0 Å². The molecule has 2 aromatic carbocycles. The van der Waals surface area contributed by atoms with Gasteiger partial charge in [0.2, 0.25) is 0 Å². The zero-order chi connectivity index (χ0) is 18.1. The fourth-order valence-corrected chi connectivity index (χ4v) is 3.92. The van der Waals surface area contributed by atoms with Crippen molar-refractivity contribution in [2.45, 2.75) is 13.5 Å². The Labute approximate surface area is 157 Å². The van der Waals surface area contributed by atoms with Crippen LogP contribution in [-0.4, -0.2) is 20.6 Å². The van der Waals surface area contributed by atoms with Gasteiger partial charge in [0.15, 0.2) is 5.82 Å². The van der Waals surface area contributed by atoms with Crippen LogP contribution >= 0.6 is 11.5 Å². The minimum atomic E-state index is 0.760. The summed E-state index contributed by atoms with van der Waals surface area (Å²) in [5, 5.41) is 0. The summed E-state index contributed by atoms with van der Waals surface area (Å²) in [4.78, 5) is 5.02. The lowest BCUT2D eigenvalue weighted by Gasteiger charge is -2.14. The molecule has 0 spiro atoms. The van der Waals surface area contributed by atoms with Crippen molar-refractivity contribution >= 4 is 21.7 Å². The fraction of sp³-hybridized carbons (Fsp3) is 0.190. The van der Waals surface area contributed by atoms with Crippen molar-refractivity contribution in [3.8, 4) is 17.3 Å². The van der Waals surface area contributed by atoms with Gasteiger partial charge in [-0.15, -0.1) is 0 Å². The summed E-state index contributed by atoms with van der Waals surface area (Å²) in [6.07, 6.45) is 2.09. The smallest absolute Gasteiger partial charge is 0.158 e. The Balaban J connectivity index is 1.88. The van der Waals surface area contributed by atoms with Crippen LogP contribution in [0.4, 0.5) is 0 Å². The molecule has 2 aliphatic rings. The van der Waals surface area contributed by atoms with Crippen LogP contribution in [0.1, 0.15) is 11.1 Å². The Morgan fingerprint density at radius 2 is 1.88 bits per heavy atom. The van der Waals surface area contributed by atoms with Gasteiger partial charge < -0.3 is 9.30 Å². The predicted molar refractivity (Wildman–Crippen MR) is 108 cm³/mol. The molecule has 0 aliphatic carbocycles. The van der Waals surface area contributed by atoms with E-state index in [-0.39, 0.29) is 0 Å². The Kier molecular flexibility index (Phi) is 4.39. The van der Waals surface area contributed by atoms with Gasteiger partial charge in [-0.25, -0.2) is 4.98 Å². The van der Waals surface area contributed by atoms with Crippen molar-refractivity contribution < 1.29 is 4.74 Å². The molecule has 2 aromatic rings. The summed E-state index contributed by atoms with van der Waals surface area (Å²) < 4.78 is 10.8. The maximum absolute atomic E-state index is 5.26. The van der Waals surface area contributed by atoms with E-state index < -0.39 is 0 Å². The van der Waals surface area contributed by atoms with E-state index in [1.54, 1.807) is 18.6 Å². The number of aryl methyl sites for hydroxylation is 2. The maximum atomic E-state index is 5.26. The largest absolute Gasteiger partial charge is 0.497 e. The van der Waals surface area contributed by atoms with E-state index in [2.05, 4.69) is 71.2 Å². The molecule has 0 saturated carbocycles. The molecular formula is C21H21N3OS. The van der Waals surface area contributed by atoms with Gasteiger partial charge in [-0.05, 0) is 54.4 Å². The SMILES string of the molecule is COc1ccc(Cn2cccc3n(C)sc4ccc(C)cc4nc2-3)cc1. The van der Waals surface area contributed by atoms with Crippen LogP contribution in [0.15, 0.2) is 60.8 Å². The lowest BCUT2D eigenvalue weighted by atomic mass is 10.2. The van der Waals surface area contributed by atoms with Gasteiger partial charge in [-0.2, -0.15) is 0 Å². The first-order valence-corrected chi connectivity index (χ1v) is 9.31. The summed E-state index contributed by atoms with van der Waals surface area (Å²) in [6, 6.07) is 18.8. The van der Waals surface area contributed by atoms with E-state index >= 15 is 0 Å². The molecule has 132 valence electrons. The molecule has 0 saturated heterocycles. The number of rotatable bonds is 3. The van der Waals surface area contributed by atoms with Crippen LogP contribution in [0.25, 0.3) is 21.7 Å². The van der Waals surface area contributed by atoms with Crippen LogP contribution in [-0.2, 0) is 13.6 Å². The van der Waals surface area contributed by atoms with E-state index in [1.165, 1.54) is 15.8 Å². The number of hydrogen-bond donors (Lipinski definition) is 0. The van der Waals surface area contributed by atoms with Crippen molar-refractivity contribution in [3.05, 3.63) is 71.9 Å². The second-order valence-corrected chi connectivity index (χ2v) is 7.53. The summed E-state index contributed by atoms with van der Waals surface area (Å²) in [5.41, 5.74) is 4.57. The molecule has 0 radical (unpaired) electrons. The number of nitrogens with zero attached hydrogens (tertiary/aromatic N) is 3. The van der Waals surface area contributed by atoms with E-state index in [9.17, 15) is 0 Å². The number of benzene rings is 2. The zero-order valence-corrected chi connectivity index (χ0v) is 16.0. The second kappa shape index (κ2) is 6.84. The van der Waals surface area contributed by atoms with Crippen molar-refractivity contribution in [2.75, 3.05) is 7.11 Å². The first-order chi connectivity index (χ1) is 12.6. The predicted octanol–water partition coefficient (Wildman–Crippen LogP) is 5.03. The van der Waals surface area contributed by atoms with Crippen molar-refractivity contribution in [2.24, 2.45) is 7.05 Å². The van der Waals surface area contributed by atoms with Gasteiger partial charge >= 0.3 is 0 Å². The highest BCUT2D eigenvalue weighted by molar-refractivity contribution is 7.13. The van der Waals surface area contributed by atoms with E-state index in [0.29, 0.717) is 0 Å². The van der Waals surface area contributed by atoms with E-state index in [1.807, 2.05) is 12.1 Å². The third-order valence-electron chi connectivity index (χ3n) is 4.45. The lowest BCUT2D eigenvalue weighted by molar-refractivity contribution is 0.414. The molecular weight excluding hydrogens is 342 g/mol. The summed E-state index contributed by atoms with van der Waals surface area (Å²) in [5.74, 6) is 1.85. The minimum absolute atomic E-state index is 0.760. The minimum Gasteiger partial charge on any atom is -0.497 e. The van der Waals surface area contributed by atoms with Crippen molar-refractivity contribution in [3.63, 3.8) is 0 Å². The van der Waals surface area contributed by atoms with Crippen LogP contribution in [0.2, 0.25) is 0 Å². The molecule has 0 bridgehead atoms. The Morgan fingerprint density at radius 3 is 2.65 bits per heavy atom. The first-order valence-electron chi connectivity index (χ1n) is 8.53. The summed E-state index contributed by atoms with van der Waals surface area (Å²) >= 11 is 1.71. The number of fused-ring (bicyclic) bond motifs is 2. The highest BCUT2D eigenvalue weighted by Gasteiger charge is 2.11. The Bertz CT molecular complexity index is 1070. The lowest BCUT2D eigenvalue weighted by Crippen LogP contribution is -2.08. The van der Waals surface area contributed by atoms with Gasteiger partial charge in [0, 0.05) is 19.8 Å². The molecule has 0 atom stereocenters. The third kappa shape index (κ3) is 3.18.